The lowest BCUT2D eigenvalue weighted by Crippen LogP contribution is -2.35. The first-order chi connectivity index (χ1) is 7.06. The summed E-state index contributed by atoms with van der Waals surface area (Å²) < 4.78 is 0. The molecule has 0 amide bonds. The smallest absolute Gasteiger partial charge is 0.00437 e. The topological polar surface area (TPSA) is 12.0 Å². The first-order valence-electron chi connectivity index (χ1n) is 6.79. The van der Waals surface area contributed by atoms with E-state index in [2.05, 4.69) is 33.0 Å². The van der Waals surface area contributed by atoms with E-state index >= 15 is 0 Å². The minimum atomic E-state index is 0.530. The van der Waals surface area contributed by atoms with Gasteiger partial charge in [0, 0.05) is 6.04 Å². The Hall–Kier alpha value is -0.0400. The molecule has 0 spiro atoms. The number of hydrogen-bond donors (Lipinski definition) is 1. The molecule has 0 aromatic carbocycles. The number of hydrogen-bond acceptors (Lipinski definition) is 1. The quantitative estimate of drug-likeness (QED) is 0.725. The standard InChI is InChI=1S/C14H29N/c1-5-15-12(2)11-14(3,4)13-9-7-6-8-10-13/h12-13,15H,5-11H2,1-4H3. The van der Waals surface area contributed by atoms with E-state index in [9.17, 15) is 0 Å². The maximum absolute atomic E-state index is 3.54. The fourth-order valence-electron chi connectivity index (χ4n) is 3.26. The van der Waals surface area contributed by atoms with Gasteiger partial charge in [0.05, 0.1) is 0 Å². The summed E-state index contributed by atoms with van der Waals surface area (Å²) >= 11 is 0. The van der Waals surface area contributed by atoms with Crippen LogP contribution in [-0.4, -0.2) is 12.6 Å². The molecule has 0 aromatic rings. The minimum Gasteiger partial charge on any atom is -0.315 e. The lowest BCUT2D eigenvalue weighted by atomic mass is 9.68. The average molecular weight is 211 g/mol. The van der Waals surface area contributed by atoms with Crippen LogP contribution in [0.5, 0.6) is 0 Å². The zero-order chi connectivity index (χ0) is 11.3. The van der Waals surface area contributed by atoms with Crippen molar-refractivity contribution in [2.75, 3.05) is 6.54 Å². The van der Waals surface area contributed by atoms with Crippen LogP contribution in [0.4, 0.5) is 0 Å². The maximum Gasteiger partial charge on any atom is 0.00437 e. The molecule has 1 unspecified atom stereocenters. The molecule has 0 radical (unpaired) electrons. The summed E-state index contributed by atoms with van der Waals surface area (Å²) in [4.78, 5) is 0. The first-order valence-corrected chi connectivity index (χ1v) is 6.79. The van der Waals surface area contributed by atoms with Crippen molar-refractivity contribution >= 4 is 0 Å². The predicted octanol–water partition coefficient (Wildman–Crippen LogP) is 3.98. The molecular formula is C14H29N. The summed E-state index contributed by atoms with van der Waals surface area (Å²) in [6, 6.07) is 0.673. The van der Waals surface area contributed by atoms with Gasteiger partial charge in [0.25, 0.3) is 0 Å². The minimum absolute atomic E-state index is 0.530. The second kappa shape index (κ2) is 5.89. The van der Waals surface area contributed by atoms with Crippen molar-refractivity contribution in [3.05, 3.63) is 0 Å². The van der Waals surface area contributed by atoms with Crippen molar-refractivity contribution in [1.29, 1.82) is 0 Å². The second-order valence-electron chi connectivity index (χ2n) is 5.99. The van der Waals surface area contributed by atoms with Gasteiger partial charge in [-0.15, -0.1) is 0 Å². The fourth-order valence-corrected chi connectivity index (χ4v) is 3.26. The summed E-state index contributed by atoms with van der Waals surface area (Å²) in [5.41, 5.74) is 0.530. The van der Waals surface area contributed by atoms with Crippen molar-refractivity contribution in [1.82, 2.24) is 5.32 Å². The summed E-state index contributed by atoms with van der Waals surface area (Å²) in [7, 11) is 0. The van der Waals surface area contributed by atoms with Crippen LogP contribution in [0.1, 0.15) is 66.2 Å². The molecule has 1 heteroatoms. The lowest BCUT2D eigenvalue weighted by Gasteiger charge is -2.39. The Morgan fingerprint density at radius 3 is 2.33 bits per heavy atom. The van der Waals surface area contributed by atoms with Gasteiger partial charge in [-0.1, -0.05) is 40.0 Å². The van der Waals surface area contributed by atoms with E-state index in [0.29, 0.717) is 11.5 Å². The van der Waals surface area contributed by atoms with E-state index in [0.717, 1.165) is 12.5 Å². The first kappa shape index (κ1) is 13.0. The Kier molecular flexibility index (Phi) is 5.11. The molecule has 1 N–H and O–H groups in total. The van der Waals surface area contributed by atoms with E-state index in [1.165, 1.54) is 38.5 Å². The van der Waals surface area contributed by atoms with Crippen LogP contribution in [0.3, 0.4) is 0 Å². The molecule has 0 bridgehead atoms. The van der Waals surface area contributed by atoms with Crippen molar-refractivity contribution in [2.45, 2.75) is 72.3 Å². The Morgan fingerprint density at radius 1 is 1.20 bits per heavy atom. The normalized spacial score (nSPS) is 21.6. The van der Waals surface area contributed by atoms with Crippen molar-refractivity contribution in [3.63, 3.8) is 0 Å². The molecule has 1 saturated carbocycles. The maximum atomic E-state index is 3.54. The molecule has 1 fully saturated rings. The van der Waals surface area contributed by atoms with Gasteiger partial charge in [-0.2, -0.15) is 0 Å². The molecule has 0 heterocycles. The van der Waals surface area contributed by atoms with Crippen LogP contribution in [0.25, 0.3) is 0 Å². The van der Waals surface area contributed by atoms with Gasteiger partial charge < -0.3 is 5.32 Å². The van der Waals surface area contributed by atoms with Crippen LogP contribution in [0.15, 0.2) is 0 Å². The summed E-state index contributed by atoms with van der Waals surface area (Å²) in [6.45, 7) is 10.6. The van der Waals surface area contributed by atoms with E-state index < -0.39 is 0 Å². The van der Waals surface area contributed by atoms with Crippen LogP contribution in [0.2, 0.25) is 0 Å². The summed E-state index contributed by atoms with van der Waals surface area (Å²) in [5.74, 6) is 0.965. The molecule has 1 atom stereocenters. The van der Waals surface area contributed by atoms with E-state index in [1.807, 2.05) is 0 Å². The molecule has 90 valence electrons. The van der Waals surface area contributed by atoms with Gasteiger partial charge in [0.2, 0.25) is 0 Å². The van der Waals surface area contributed by atoms with Gasteiger partial charge in [0.15, 0.2) is 0 Å². The molecule has 0 saturated heterocycles. The monoisotopic (exact) mass is 211 g/mol. The molecule has 1 aliphatic carbocycles. The number of nitrogens with one attached hydrogen (secondary N) is 1. The lowest BCUT2D eigenvalue weighted by molar-refractivity contribution is 0.133. The largest absolute Gasteiger partial charge is 0.315 e. The number of rotatable bonds is 5. The second-order valence-corrected chi connectivity index (χ2v) is 5.99. The Labute approximate surface area is 96.0 Å². The van der Waals surface area contributed by atoms with Gasteiger partial charge >= 0.3 is 0 Å². The van der Waals surface area contributed by atoms with Crippen molar-refractivity contribution < 1.29 is 0 Å². The van der Waals surface area contributed by atoms with Crippen LogP contribution in [-0.2, 0) is 0 Å². The van der Waals surface area contributed by atoms with Gasteiger partial charge in [-0.05, 0) is 44.1 Å². The zero-order valence-corrected chi connectivity index (χ0v) is 11.1. The Bertz CT molecular complexity index is 168. The predicted molar refractivity (Wildman–Crippen MR) is 68.1 cm³/mol. The fraction of sp³-hybridized carbons (Fsp3) is 1.00. The van der Waals surface area contributed by atoms with Crippen molar-refractivity contribution in [3.8, 4) is 0 Å². The third-order valence-electron chi connectivity index (χ3n) is 4.10. The van der Waals surface area contributed by atoms with E-state index in [-0.39, 0.29) is 0 Å². The highest BCUT2D eigenvalue weighted by Gasteiger charge is 2.31. The van der Waals surface area contributed by atoms with Crippen molar-refractivity contribution in [2.24, 2.45) is 11.3 Å². The molecule has 1 rings (SSSR count). The van der Waals surface area contributed by atoms with E-state index in [4.69, 9.17) is 0 Å². The summed E-state index contributed by atoms with van der Waals surface area (Å²) in [5, 5.41) is 3.54. The molecule has 15 heavy (non-hydrogen) atoms. The highest BCUT2D eigenvalue weighted by atomic mass is 14.9. The van der Waals surface area contributed by atoms with E-state index in [1.54, 1.807) is 0 Å². The highest BCUT2D eigenvalue weighted by Crippen LogP contribution is 2.41. The highest BCUT2D eigenvalue weighted by molar-refractivity contribution is 4.83. The molecule has 0 aromatic heterocycles. The average Bonchev–Trinajstić information content (AvgIpc) is 2.18. The van der Waals surface area contributed by atoms with Crippen LogP contribution >= 0.6 is 0 Å². The van der Waals surface area contributed by atoms with Gasteiger partial charge in [-0.3, -0.25) is 0 Å². The Balaban J connectivity index is 2.41. The Morgan fingerprint density at radius 2 is 1.80 bits per heavy atom. The van der Waals surface area contributed by atoms with Crippen LogP contribution < -0.4 is 5.32 Å². The van der Waals surface area contributed by atoms with Gasteiger partial charge in [0.1, 0.15) is 0 Å². The third-order valence-corrected chi connectivity index (χ3v) is 4.10. The molecule has 0 aliphatic heterocycles. The molecule has 1 aliphatic rings. The third kappa shape index (κ3) is 4.14. The SMILES string of the molecule is CCNC(C)CC(C)(C)C1CCCCC1. The van der Waals surface area contributed by atoms with Crippen LogP contribution in [0, 0.1) is 11.3 Å². The molecule has 1 nitrogen and oxygen atoms in total. The zero-order valence-electron chi connectivity index (χ0n) is 11.1. The molecular weight excluding hydrogens is 182 g/mol. The van der Waals surface area contributed by atoms with Gasteiger partial charge in [-0.25, -0.2) is 0 Å². The summed E-state index contributed by atoms with van der Waals surface area (Å²) in [6.07, 6.45) is 8.64.